The van der Waals surface area contributed by atoms with Gasteiger partial charge in [-0.05, 0) is 179 Å². The average molecular weight is 1430 g/mol. The van der Waals surface area contributed by atoms with Crippen LogP contribution in [0.5, 0.6) is 46.0 Å². The van der Waals surface area contributed by atoms with Gasteiger partial charge < -0.3 is 28.5 Å². The van der Waals surface area contributed by atoms with E-state index in [1.54, 1.807) is 0 Å². The quantitative estimate of drug-likeness (QED) is 0.120. The van der Waals surface area contributed by atoms with Gasteiger partial charge in [0.25, 0.3) is 6.71 Å². The van der Waals surface area contributed by atoms with Crippen LogP contribution >= 0.6 is 0 Å². The molecule has 4 aliphatic rings. The van der Waals surface area contributed by atoms with Gasteiger partial charge in [0, 0.05) is 46.1 Å². The molecule has 10 aromatic carbocycles. The Bertz CT molecular complexity index is 5460. The van der Waals surface area contributed by atoms with E-state index in [4.69, 9.17) is 38.9 Å². The number of pyridine rings is 2. The maximum Gasteiger partial charge on any atom is 2.00 e. The summed E-state index contributed by atoms with van der Waals surface area (Å²) in [5.74, 6) is 8.17. The summed E-state index contributed by atoms with van der Waals surface area (Å²) < 4.78 is 30.7. The van der Waals surface area contributed by atoms with Crippen molar-refractivity contribution in [1.82, 2.24) is 29.1 Å². The second-order valence-electron chi connectivity index (χ2n) is 27.3. The molecule has 18 rings (SSSR count). The number of fused-ring (bicyclic) bond motifs is 10. The predicted molar refractivity (Wildman–Crippen MR) is 384 cm³/mol. The van der Waals surface area contributed by atoms with Crippen LogP contribution in [0, 0.1) is 32.9 Å². The third-order valence-electron chi connectivity index (χ3n) is 19.1. The Kier molecular flexibility index (Phi) is 14.6. The van der Waals surface area contributed by atoms with Gasteiger partial charge in [-0.2, -0.15) is 0 Å². The first-order valence-corrected chi connectivity index (χ1v) is 32.5. The Morgan fingerprint density at radius 3 is 1.45 bits per heavy atom. The van der Waals surface area contributed by atoms with Crippen molar-refractivity contribution in [2.24, 2.45) is 0 Å². The van der Waals surface area contributed by atoms with Crippen molar-refractivity contribution in [2.75, 3.05) is 0 Å². The largest absolute Gasteiger partial charge is 2.00 e. The Balaban J connectivity index is 0.000000149. The number of rotatable bonds is 6. The van der Waals surface area contributed by atoms with Crippen molar-refractivity contribution in [3.8, 4) is 103 Å². The first-order chi connectivity index (χ1) is 46.1. The monoisotopic (exact) mass is 1430 g/mol. The summed E-state index contributed by atoms with van der Waals surface area (Å²) in [6, 6.07) is 80.9. The maximum absolute atomic E-state index is 6.57. The molecule has 0 amide bonds. The van der Waals surface area contributed by atoms with Crippen LogP contribution in [0.4, 0.5) is 0 Å². The van der Waals surface area contributed by atoms with Crippen LogP contribution in [0.2, 0.25) is 0 Å². The van der Waals surface area contributed by atoms with E-state index in [0.29, 0.717) is 0 Å². The van der Waals surface area contributed by atoms with Crippen molar-refractivity contribution in [3.05, 3.63) is 265 Å². The average Bonchev–Trinajstić information content (AvgIpc) is 0.868. The molecule has 96 heavy (non-hydrogen) atoms. The van der Waals surface area contributed by atoms with Gasteiger partial charge in [-0.3, -0.25) is 14.5 Å². The third-order valence-corrected chi connectivity index (χ3v) is 19.1. The number of ether oxygens (including phenoxy) is 4. The topological polar surface area (TPSA) is 98.3 Å². The Morgan fingerprint density at radius 2 is 0.844 bits per heavy atom. The molecule has 14 aromatic rings. The van der Waals surface area contributed by atoms with Gasteiger partial charge in [0.15, 0.2) is 0 Å². The zero-order valence-corrected chi connectivity index (χ0v) is 56.9. The molecule has 0 N–H and O–H groups in total. The van der Waals surface area contributed by atoms with Crippen LogP contribution in [-0.4, -0.2) is 42.5 Å². The molecule has 4 aliphatic heterocycles. The zero-order chi connectivity index (χ0) is 64.6. The van der Waals surface area contributed by atoms with E-state index in [2.05, 4.69) is 241 Å². The molecular formula is C83H64B2N6O4Pt. The van der Waals surface area contributed by atoms with E-state index in [9.17, 15) is 0 Å². The molecule has 4 aromatic heterocycles. The number of para-hydroxylation sites is 6. The third kappa shape index (κ3) is 10.1. The van der Waals surface area contributed by atoms with Gasteiger partial charge in [-0.15, -0.1) is 58.5 Å². The smallest absolute Gasteiger partial charge is 0.503 e. The molecule has 0 saturated carbocycles. The molecule has 13 heteroatoms. The minimum atomic E-state index is -0.201. The minimum absolute atomic E-state index is 0. The summed E-state index contributed by atoms with van der Waals surface area (Å²) in [5, 5.41) is 0. The van der Waals surface area contributed by atoms with Crippen LogP contribution < -0.4 is 51.7 Å². The molecule has 0 atom stereocenters. The van der Waals surface area contributed by atoms with Crippen LogP contribution in [0.25, 0.3) is 78.7 Å². The van der Waals surface area contributed by atoms with Crippen molar-refractivity contribution in [3.63, 3.8) is 0 Å². The van der Waals surface area contributed by atoms with E-state index in [0.717, 1.165) is 158 Å². The molecule has 466 valence electrons. The molecule has 0 aliphatic carbocycles. The summed E-state index contributed by atoms with van der Waals surface area (Å²) in [6.07, 6.45) is 3.80. The fourth-order valence-corrected chi connectivity index (χ4v) is 14.2. The van der Waals surface area contributed by atoms with E-state index in [-0.39, 0.29) is 45.3 Å². The Morgan fingerprint density at radius 1 is 0.385 bits per heavy atom. The zero-order valence-electron chi connectivity index (χ0n) is 54.6. The number of benzene rings is 10. The van der Waals surface area contributed by atoms with Crippen molar-refractivity contribution >= 4 is 68.3 Å². The Hall–Kier alpha value is -10.5. The van der Waals surface area contributed by atoms with Crippen LogP contribution in [0.1, 0.15) is 69.4 Å². The molecular weight excluding hydrogens is 1360 g/mol. The number of aromatic nitrogens is 6. The second kappa shape index (κ2) is 23.1. The molecule has 10 nitrogen and oxygen atoms in total. The molecule has 0 fully saturated rings. The second-order valence-corrected chi connectivity index (χ2v) is 27.3. The standard InChI is InChI=1S/C42H32BN3O2.C41H32BN3O2.Pt/c1-25-10-8-11-26(2)40(25)46-34-13-7-6-12-32(34)45-41(46)28-17-19-36-31(23-28)43-30-22-27(33-24-29(20-21-44-33)42(3,4)5)16-18-35(30)47-37-14-9-15-38(48-36)39(37)43;1-25-10-5-7-12-33(25)45-34-13-8-6-11-31(34)44-40(45)27-17-19-36-30(23-27)42-29-22-26(32-24-28(20-21-43-32)41(2,3)4)16-18-35(29)46-37-14-9-15-38(47-36)39(37)42;/h6-21,24H,1-5H3;5-24H,1-4H3;/q-2;;+2. The summed E-state index contributed by atoms with van der Waals surface area (Å²) in [5.41, 5.74) is 24.1. The number of hydrogen-bond donors (Lipinski definition) is 0. The van der Waals surface area contributed by atoms with Gasteiger partial charge in [0.05, 0.1) is 39.3 Å². The van der Waals surface area contributed by atoms with E-state index in [1.165, 1.54) is 27.8 Å². The molecule has 0 saturated heterocycles. The van der Waals surface area contributed by atoms with Gasteiger partial charge >= 0.3 is 21.1 Å². The maximum atomic E-state index is 6.57. The number of nitrogens with zero attached hydrogens (tertiary/aromatic N) is 6. The van der Waals surface area contributed by atoms with Crippen LogP contribution in [0.15, 0.2) is 225 Å². The first-order valence-electron chi connectivity index (χ1n) is 32.5. The van der Waals surface area contributed by atoms with E-state index >= 15 is 0 Å². The Labute approximate surface area is 574 Å². The molecule has 0 unspecified atom stereocenters. The summed E-state index contributed by atoms with van der Waals surface area (Å²) >= 11 is 0. The number of hydrogen-bond acceptors (Lipinski definition) is 8. The van der Waals surface area contributed by atoms with E-state index in [1.807, 2.05) is 67.0 Å². The molecule has 8 heterocycles. The van der Waals surface area contributed by atoms with Crippen LogP contribution in [-0.2, 0) is 31.9 Å². The number of imidazole rings is 2. The van der Waals surface area contributed by atoms with Gasteiger partial charge in [-0.1, -0.05) is 133 Å². The summed E-state index contributed by atoms with van der Waals surface area (Å²) in [7, 11) is 0. The number of aryl methyl sites for hydroxylation is 3. The summed E-state index contributed by atoms with van der Waals surface area (Å²) in [6.45, 7) is 19.5. The van der Waals surface area contributed by atoms with Crippen molar-refractivity contribution in [1.29, 1.82) is 0 Å². The summed E-state index contributed by atoms with van der Waals surface area (Å²) in [4.78, 5) is 19.9. The van der Waals surface area contributed by atoms with Gasteiger partial charge in [0.2, 0.25) is 6.71 Å². The van der Waals surface area contributed by atoms with Crippen LogP contribution in [0.3, 0.4) is 0 Å². The fraction of sp³-hybridized carbons (Fsp3) is 0.133. The SMILES string of the molecule is Cc1cccc(C)c1-n1c(-c2[c-]c3c(cc2)Oc2cccc4c2B3c2[c-]c(-c3cc(C(C)(C)C)ccn3)ccc2O4)nc2ccccc21.Cc1ccccc1-n1c(-c2ccc3c(c2)B2c4cc(-c5cc(C(C)(C)C)ccn5)ccc4Oc4cccc(c42)O3)nc2ccccc21.[Pt+2]. The van der Waals surface area contributed by atoms with Crippen molar-refractivity contribution < 1.29 is 40.0 Å². The minimum Gasteiger partial charge on any atom is -0.503 e. The first kappa shape index (κ1) is 60.4. The molecule has 0 radical (unpaired) electrons. The fourth-order valence-electron chi connectivity index (χ4n) is 14.2. The van der Waals surface area contributed by atoms with Crippen molar-refractivity contribution in [2.45, 2.75) is 73.1 Å². The van der Waals surface area contributed by atoms with Gasteiger partial charge in [-0.25, -0.2) is 4.98 Å². The molecule has 0 bridgehead atoms. The molecule has 0 spiro atoms. The normalized spacial score (nSPS) is 12.8. The van der Waals surface area contributed by atoms with Gasteiger partial charge in [0.1, 0.15) is 40.3 Å². The predicted octanol–water partition coefficient (Wildman–Crippen LogP) is 16.1. The van der Waals surface area contributed by atoms with E-state index < -0.39 is 0 Å².